The molecule has 7 heteroatoms. The van der Waals surface area contributed by atoms with E-state index in [9.17, 15) is 0 Å². The number of hydrogen-bond acceptors (Lipinski definition) is 5. The van der Waals surface area contributed by atoms with Crippen LogP contribution in [0.3, 0.4) is 0 Å². The predicted octanol–water partition coefficient (Wildman–Crippen LogP) is 2.68. The molecule has 0 aliphatic carbocycles. The van der Waals surface area contributed by atoms with Gasteiger partial charge in [0.15, 0.2) is 6.29 Å². The van der Waals surface area contributed by atoms with Gasteiger partial charge in [0.05, 0.1) is 18.0 Å². The van der Waals surface area contributed by atoms with Crippen LogP contribution in [0.5, 0.6) is 0 Å². The maximum Gasteiger partial charge on any atom is 0.158 e. The first-order valence-corrected chi connectivity index (χ1v) is 7.77. The van der Waals surface area contributed by atoms with Crippen molar-refractivity contribution in [3.05, 3.63) is 28.5 Å². The van der Waals surface area contributed by atoms with E-state index >= 15 is 0 Å². The van der Waals surface area contributed by atoms with E-state index in [1.165, 1.54) is 0 Å². The van der Waals surface area contributed by atoms with Crippen LogP contribution in [-0.2, 0) is 23.1 Å². The molecule has 0 spiro atoms. The molecule has 1 saturated heterocycles. The summed E-state index contributed by atoms with van der Waals surface area (Å²) in [5.74, 6) is 0. The summed E-state index contributed by atoms with van der Waals surface area (Å²) in [4.78, 5) is 4.37. The monoisotopic (exact) mass is 352 g/mol. The second kappa shape index (κ2) is 6.64. The van der Waals surface area contributed by atoms with E-state index in [1.54, 1.807) is 10.9 Å². The number of aromatic nitrogens is 4. The fourth-order valence-corrected chi connectivity index (χ4v) is 2.50. The summed E-state index contributed by atoms with van der Waals surface area (Å²) in [7, 11) is 1.86. The van der Waals surface area contributed by atoms with Gasteiger partial charge in [-0.25, -0.2) is 4.68 Å². The van der Waals surface area contributed by atoms with Gasteiger partial charge in [-0.2, -0.15) is 0 Å². The van der Waals surface area contributed by atoms with Gasteiger partial charge in [0, 0.05) is 24.3 Å². The zero-order valence-corrected chi connectivity index (χ0v) is 13.4. The molecule has 1 unspecified atom stereocenters. The smallest absolute Gasteiger partial charge is 0.158 e. The molecule has 6 nitrogen and oxygen atoms in total. The Kier molecular flexibility index (Phi) is 4.62. The van der Waals surface area contributed by atoms with Crippen LogP contribution in [0.2, 0.25) is 0 Å². The molecule has 3 heterocycles. The van der Waals surface area contributed by atoms with Crippen LogP contribution >= 0.6 is 15.9 Å². The predicted molar refractivity (Wildman–Crippen MR) is 80.3 cm³/mol. The van der Waals surface area contributed by atoms with E-state index < -0.39 is 0 Å². The molecular formula is C14H17BrN4O2. The number of halogens is 1. The van der Waals surface area contributed by atoms with Crippen LogP contribution in [0, 0.1) is 0 Å². The second-order valence-electron chi connectivity index (χ2n) is 4.98. The van der Waals surface area contributed by atoms with Crippen LogP contribution in [0.4, 0.5) is 0 Å². The van der Waals surface area contributed by atoms with E-state index in [2.05, 4.69) is 31.2 Å². The lowest BCUT2D eigenvalue weighted by Crippen LogP contribution is -2.22. The number of ether oxygens (including phenoxy) is 2. The molecular weight excluding hydrogens is 336 g/mol. The summed E-state index contributed by atoms with van der Waals surface area (Å²) in [6, 6.07) is 3.85. The third-order valence-electron chi connectivity index (χ3n) is 3.46. The van der Waals surface area contributed by atoms with Gasteiger partial charge in [-0.15, -0.1) is 5.10 Å². The first-order chi connectivity index (χ1) is 10.2. The molecule has 0 amide bonds. The molecule has 2 aromatic heterocycles. The molecule has 0 radical (unpaired) electrons. The molecule has 2 aromatic rings. The Hall–Kier alpha value is -1.31. The van der Waals surface area contributed by atoms with Gasteiger partial charge in [-0.1, -0.05) is 5.21 Å². The van der Waals surface area contributed by atoms with Crippen LogP contribution < -0.4 is 0 Å². The maximum absolute atomic E-state index is 5.83. The van der Waals surface area contributed by atoms with Crippen LogP contribution in [0.25, 0.3) is 11.4 Å². The van der Waals surface area contributed by atoms with Crippen molar-refractivity contribution in [1.82, 2.24) is 20.0 Å². The lowest BCUT2D eigenvalue weighted by atomic mass is 10.2. The highest BCUT2D eigenvalue weighted by Crippen LogP contribution is 2.22. The van der Waals surface area contributed by atoms with Gasteiger partial charge in [-0.05, 0) is 47.3 Å². The summed E-state index contributed by atoms with van der Waals surface area (Å²) >= 11 is 3.38. The van der Waals surface area contributed by atoms with Crippen LogP contribution in [0.1, 0.15) is 25.0 Å². The zero-order chi connectivity index (χ0) is 14.7. The Balaban J connectivity index is 1.75. The Morgan fingerprint density at radius 1 is 1.43 bits per heavy atom. The normalized spacial score (nSPS) is 18.9. The number of aryl methyl sites for hydroxylation is 1. The van der Waals surface area contributed by atoms with Gasteiger partial charge in [0.2, 0.25) is 0 Å². The summed E-state index contributed by atoms with van der Waals surface area (Å²) in [6.07, 6.45) is 4.83. The van der Waals surface area contributed by atoms with Crippen LogP contribution in [0.15, 0.2) is 22.8 Å². The van der Waals surface area contributed by atoms with Crippen molar-refractivity contribution in [3.8, 4) is 11.4 Å². The molecule has 1 fully saturated rings. The van der Waals surface area contributed by atoms with E-state index in [0.29, 0.717) is 6.61 Å². The second-order valence-corrected chi connectivity index (χ2v) is 5.89. The van der Waals surface area contributed by atoms with E-state index in [-0.39, 0.29) is 6.29 Å². The number of pyridine rings is 1. The van der Waals surface area contributed by atoms with Gasteiger partial charge in [0.1, 0.15) is 5.69 Å². The van der Waals surface area contributed by atoms with Gasteiger partial charge in [-0.3, -0.25) is 4.98 Å². The van der Waals surface area contributed by atoms with Crippen molar-refractivity contribution >= 4 is 15.9 Å². The highest BCUT2D eigenvalue weighted by Gasteiger charge is 2.18. The fraction of sp³-hybridized carbons (Fsp3) is 0.500. The summed E-state index contributed by atoms with van der Waals surface area (Å²) in [5.41, 5.74) is 2.44. The Morgan fingerprint density at radius 2 is 2.33 bits per heavy atom. The highest BCUT2D eigenvalue weighted by atomic mass is 79.9. The van der Waals surface area contributed by atoms with Crippen LogP contribution in [-0.4, -0.2) is 32.9 Å². The molecule has 1 aliphatic heterocycles. The van der Waals surface area contributed by atoms with Gasteiger partial charge < -0.3 is 9.47 Å². The molecule has 112 valence electrons. The average molecular weight is 353 g/mol. The van der Waals surface area contributed by atoms with E-state index in [0.717, 1.165) is 47.4 Å². The fourth-order valence-electron chi connectivity index (χ4n) is 2.27. The minimum atomic E-state index is -0.126. The van der Waals surface area contributed by atoms with Crippen molar-refractivity contribution in [2.45, 2.75) is 32.2 Å². The Bertz CT molecular complexity index is 594. The Labute approximate surface area is 131 Å². The summed E-state index contributed by atoms with van der Waals surface area (Å²) < 4.78 is 14.1. The number of nitrogens with zero attached hydrogens (tertiary/aromatic N) is 4. The first-order valence-electron chi connectivity index (χ1n) is 6.98. The largest absolute Gasteiger partial charge is 0.353 e. The minimum absolute atomic E-state index is 0.126. The van der Waals surface area contributed by atoms with E-state index in [4.69, 9.17) is 9.47 Å². The van der Waals surface area contributed by atoms with Gasteiger partial charge in [0.25, 0.3) is 0 Å². The molecule has 1 atom stereocenters. The van der Waals surface area contributed by atoms with E-state index in [1.807, 2.05) is 19.2 Å². The van der Waals surface area contributed by atoms with Gasteiger partial charge >= 0.3 is 0 Å². The maximum atomic E-state index is 5.83. The summed E-state index contributed by atoms with van der Waals surface area (Å²) in [5, 5.41) is 8.27. The third-order valence-corrected chi connectivity index (χ3v) is 3.93. The van der Waals surface area contributed by atoms with Crippen molar-refractivity contribution in [1.29, 1.82) is 0 Å². The zero-order valence-electron chi connectivity index (χ0n) is 11.8. The first kappa shape index (κ1) is 14.6. The Morgan fingerprint density at radius 3 is 3.05 bits per heavy atom. The molecule has 1 aliphatic rings. The standard InChI is InChI=1S/C14H17BrN4O2/c1-19-12(9-21-13-4-2-3-7-20-13)14(17-18-19)11-6-5-10(15)8-16-11/h5-6,8,13H,2-4,7,9H2,1H3. The molecule has 3 rings (SSSR count). The van der Waals surface area contributed by atoms with Crippen molar-refractivity contribution in [2.75, 3.05) is 6.61 Å². The quantitative estimate of drug-likeness (QED) is 0.846. The number of hydrogen-bond donors (Lipinski definition) is 0. The highest BCUT2D eigenvalue weighted by molar-refractivity contribution is 9.10. The number of rotatable bonds is 4. The lowest BCUT2D eigenvalue weighted by Gasteiger charge is -2.22. The third kappa shape index (κ3) is 3.48. The molecule has 0 aromatic carbocycles. The molecule has 0 bridgehead atoms. The molecule has 21 heavy (non-hydrogen) atoms. The average Bonchev–Trinajstić information content (AvgIpc) is 2.88. The SMILES string of the molecule is Cn1nnc(-c2ccc(Br)cn2)c1COC1CCCCO1. The van der Waals surface area contributed by atoms with Crippen molar-refractivity contribution in [2.24, 2.45) is 7.05 Å². The molecule has 0 N–H and O–H groups in total. The van der Waals surface area contributed by atoms with Crippen molar-refractivity contribution < 1.29 is 9.47 Å². The lowest BCUT2D eigenvalue weighted by molar-refractivity contribution is -0.169. The minimum Gasteiger partial charge on any atom is -0.353 e. The topological polar surface area (TPSA) is 62.1 Å². The summed E-state index contributed by atoms with van der Waals surface area (Å²) in [6.45, 7) is 1.19. The molecule has 0 saturated carbocycles. The van der Waals surface area contributed by atoms with Crippen molar-refractivity contribution in [3.63, 3.8) is 0 Å².